The quantitative estimate of drug-likeness (QED) is 0.286. The predicted molar refractivity (Wildman–Crippen MR) is 26.0 cm³/mol. The van der Waals surface area contributed by atoms with Crippen LogP contribution in [0.5, 0.6) is 0 Å². The summed E-state index contributed by atoms with van der Waals surface area (Å²) in [6.45, 7) is 0.472. The van der Waals surface area contributed by atoms with Crippen molar-refractivity contribution >= 4 is 7.82 Å². The van der Waals surface area contributed by atoms with Crippen molar-refractivity contribution in [2.75, 3.05) is 13.2 Å². The zero-order valence-corrected chi connectivity index (χ0v) is 11.5. The minimum Gasteiger partial charge on any atom is -0.790 e. The van der Waals surface area contributed by atoms with Crippen molar-refractivity contribution in [1.82, 2.24) is 0 Å². The standard InChI is InChI=1S/C2H7NO.2Na.H3O4P/c3-1-2-4;;;1-5(2,3)4/h4H,1-3H2;;;(H3,1,2,3,4)/q;2*+1;/p-2. The number of aliphatic hydroxyl groups excluding tert-OH is 1. The van der Waals surface area contributed by atoms with Crippen LogP contribution in [0.25, 0.3) is 0 Å². The summed E-state index contributed by atoms with van der Waals surface area (Å²) in [5.41, 5.74) is 4.78. The maximum atomic E-state index is 8.66. The predicted octanol–water partition coefficient (Wildman–Crippen LogP) is -9.25. The van der Waals surface area contributed by atoms with E-state index < -0.39 is 7.82 Å². The molecule has 0 heterocycles. The fourth-order valence-electron chi connectivity index (χ4n) is 0. The van der Waals surface area contributed by atoms with Crippen LogP contribution in [-0.4, -0.2) is 23.2 Å². The van der Waals surface area contributed by atoms with Crippen LogP contribution in [0.3, 0.4) is 0 Å². The molecule has 0 bridgehead atoms. The molecule has 0 aliphatic heterocycles. The third kappa shape index (κ3) is 132. The molecule has 0 radical (unpaired) electrons. The Labute approximate surface area is 109 Å². The van der Waals surface area contributed by atoms with E-state index in [4.69, 9.17) is 30.1 Å². The van der Waals surface area contributed by atoms with E-state index in [0.29, 0.717) is 6.54 Å². The van der Waals surface area contributed by atoms with Crippen molar-refractivity contribution in [3.05, 3.63) is 0 Å². The second kappa shape index (κ2) is 14.5. The molecule has 4 N–H and O–H groups in total. The van der Waals surface area contributed by atoms with Gasteiger partial charge in [0.25, 0.3) is 0 Å². The zero-order chi connectivity index (χ0) is 7.91. The van der Waals surface area contributed by atoms with Crippen LogP contribution in [0.1, 0.15) is 0 Å². The third-order valence-electron chi connectivity index (χ3n) is 0.129. The van der Waals surface area contributed by atoms with Crippen LogP contribution in [-0.2, 0) is 4.57 Å². The molecular formula is C2H8NNa2O5P. The summed E-state index contributed by atoms with van der Waals surface area (Å²) < 4.78 is 8.66. The Kier molecular flexibility index (Phi) is 30.6. The van der Waals surface area contributed by atoms with Crippen LogP contribution in [0, 0.1) is 0 Å². The SMILES string of the molecule is NCCO.O=P([O-])([O-])O.[Na+].[Na+]. The molecule has 0 fully saturated rings. The average Bonchev–Trinajstić information content (AvgIpc) is 1.61. The summed E-state index contributed by atoms with van der Waals surface area (Å²) in [6.07, 6.45) is 0. The molecule has 0 spiro atoms. The molecule has 0 amide bonds. The number of hydrogen-bond donors (Lipinski definition) is 3. The fourth-order valence-corrected chi connectivity index (χ4v) is 0. The molecule has 0 saturated carbocycles. The molecule has 0 aliphatic carbocycles. The number of hydrogen-bond acceptors (Lipinski definition) is 5. The van der Waals surface area contributed by atoms with Gasteiger partial charge in [-0.3, -0.25) is 0 Å². The van der Waals surface area contributed by atoms with Gasteiger partial charge in [0.05, 0.1) is 14.4 Å². The molecule has 0 atom stereocenters. The first-order chi connectivity index (χ1) is 3.91. The summed E-state index contributed by atoms with van der Waals surface area (Å²) in [7, 11) is -5.14. The first-order valence-corrected chi connectivity index (χ1v) is 3.47. The summed E-state index contributed by atoms with van der Waals surface area (Å²) in [5, 5.41) is 7.75. The van der Waals surface area contributed by atoms with E-state index in [9.17, 15) is 0 Å². The minimum absolute atomic E-state index is 0. The van der Waals surface area contributed by atoms with Gasteiger partial charge in [0, 0.05) is 6.54 Å². The molecule has 0 aromatic heterocycles. The van der Waals surface area contributed by atoms with Gasteiger partial charge < -0.3 is 30.1 Å². The summed E-state index contributed by atoms with van der Waals surface area (Å²) in [5.74, 6) is 0. The maximum Gasteiger partial charge on any atom is 1.00 e. The molecule has 0 aromatic rings. The van der Waals surface area contributed by atoms with Gasteiger partial charge in [-0.1, -0.05) is 0 Å². The second-order valence-corrected chi connectivity index (χ2v) is 1.92. The van der Waals surface area contributed by atoms with E-state index in [0.717, 1.165) is 0 Å². The number of nitrogens with two attached hydrogens (primary N) is 1. The van der Waals surface area contributed by atoms with Crippen molar-refractivity contribution < 1.29 is 83.5 Å². The van der Waals surface area contributed by atoms with Gasteiger partial charge in [-0.25, -0.2) is 0 Å². The van der Waals surface area contributed by atoms with Crippen molar-refractivity contribution in [2.45, 2.75) is 0 Å². The first kappa shape index (κ1) is 23.1. The molecular weight excluding hydrogens is 195 g/mol. The third-order valence-corrected chi connectivity index (χ3v) is 0.129. The molecule has 0 unspecified atom stereocenters. The van der Waals surface area contributed by atoms with Crippen molar-refractivity contribution in [3.8, 4) is 0 Å². The van der Waals surface area contributed by atoms with Gasteiger partial charge in [-0.15, -0.1) is 0 Å². The van der Waals surface area contributed by atoms with Gasteiger partial charge in [0.15, 0.2) is 0 Å². The largest absolute Gasteiger partial charge is 1.00 e. The Hall–Kier alpha value is 2.03. The Bertz CT molecular complexity index is 86.2. The Morgan fingerprint density at radius 1 is 1.36 bits per heavy atom. The van der Waals surface area contributed by atoms with Crippen LogP contribution < -0.4 is 74.6 Å². The Balaban J connectivity index is -0.0000000383. The molecule has 0 rings (SSSR count). The number of phosphoric acid groups is 1. The van der Waals surface area contributed by atoms with Crippen molar-refractivity contribution in [2.24, 2.45) is 5.73 Å². The first-order valence-electron chi connectivity index (χ1n) is 1.97. The van der Waals surface area contributed by atoms with E-state index >= 15 is 0 Å². The van der Waals surface area contributed by atoms with Crippen LogP contribution in [0.4, 0.5) is 0 Å². The van der Waals surface area contributed by atoms with Crippen molar-refractivity contribution in [1.29, 1.82) is 0 Å². The molecule has 58 valence electrons. The summed E-state index contributed by atoms with van der Waals surface area (Å²) in [4.78, 5) is 24.3. The van der Waals surface area contributed by atoms with Gasteiger partial charge in [-0.05, 0) is 0 Å². The normalized spacial score (nSPS) is 8.09. The minimum atomic E-state index is -5.14. The second-order valence-electron chi connectivity index (χ2n) is 0.981. The molecule has 0 aliphatic rings. The molecule has 6 nitrogen and oxygen atoms in total. The van der Waals surface area contributed by atoms with Gasteiger partial charge in [-0.2, -0.15) is 0 Å². The van der Waals surface area contributed by atoms with E-state index in [1.165, 1.54) is 0 Å². The van der Waals surface area contributed by atoms with Gasteiger partial charge >= 0.3 is 59.1 Å². The van der Waals surface area contributed by atoms with Gasteiger partial charge in [0.2, 0.25) is 0 Å². The fraction of sp³-hybridized carbons (Fsp3) is 1.00. The summed E-state index contributed by atoms with van der Waals surface area (Å²) in [6, 6.07) is 0. The summed E-state index contributed by atoms with van der Waals surface area (Å²) >= 11 is 0. The smallest absolute Gasteiger partial charge is 0.790 e. The monoisotopic (exact) mass is 203 g/mol. The van der Waals surface area contributed by atoms with E-state index in [1.807, 2.05) is 0 Å². The number of aliphatic hydroxyl groups is 1. The number of rotatable bonds is 1. The molecule has 11 heavy (non-hydrogen) atoms. The van der Waals surface area contributed by atoms with Crippen LogP contribution >= 0.6 is 7.82 Å². The Morgan fingerprint density at radius 3 is 1.45 bits per heavy atom. The average molecular weight is 203 g/mol. The van der Waals surface area contributed by atoms with E-state index in [2.05, 4.69) is 0 Å². The molecule has 0 saturated heterocycles. The molecule has 9 heteroatoms. The zero-order valence-electron chi connectivity index (χ0n) is 6.56. The van der Waals surface area contributed by atoms with Crippen molar-refractivity contribution in [3.63, 3.8) is 0 Å². The van der Waals surface area contributed by atoms with Gasteiger partial charge in [0.1, 0.15) is 0 Å². The van der Waals surface area contributed by atoms with Crippen LogP contribution in [0.2, 0.25) is 0 Å². The molecule has 0 aromatic carbocycles. The topological polar surface area (TPSA) is 130 Å². The maximum absolute atomic E-state index is 8.66. The van der Waals surface area contributed by atoms with E-state index in [-0.39, 0.29) is 65.7 Å². The van der Waals surface area contributed by atoms with Crippen LogP contribution in [0.15, 0.2) is 0 Å². The Morgan fingerprint density at radius 2 is 1.45 bits per heavy atom. The van der Waals surface area contributed by atoms with E-state index in [1.54, 1.807) is 0 Å².